The Morgan fingerprint density at radius 1 is 1.06 bits per heavy atom. The van der Waals surface area contributed by atoms with Gasteiger partial charge in [0, 0.05) is 6.54 Å². The van der Waals surface area contributed by atoms with Gasteiger partial charge in [0.1, 0.15) is 0 Å². The quantitative estimate of drug-likeness (QED) is 0.748. The lowest BCUT2D eigenvalue weighted by molar-refractivity contribution is 0.233. The monoisotopic (exact) mass is 217 g/mol. The van der Waals surface area contributed by atoms with E-state index in [1.807, 2.05) is 0 Å². The summed E-state index contributed by atoms with van der Waals surface area (Å²) in [4.78, 5) is 2.34. The average molecular weight is 217 g/mol. The summed E-state index contributed by atoms with van der Waals surface area (Å²) < 4.78 is 0. The van der Waals surface area contributed by atoms with Crippen LogP contribution in [0, 0.1) is 5.92 Å². The van der Waals surface area contributed by atoms with Gasteiger partial charge in [-0.2, -0.15) is 0 Å². The number of nitrogens with zero attached hydrogens (tertiary/aromatic N) is 1. The summed E-state index contributed by atoms with van der Waals surface area (Å²) in [6, 6.07) is 11.1. The van der Waals surface area contributed by atoms with Gasteiger partial charge in [-0.15, -0.1) is 0 Å². The second-order valence-electron chi connectivity index (χ2n) is 5.32. The van der Waals surface area contributed by atoms with E-state index in [0.717, 1.165) is 11.8 Å². The van der Waals surface area contributed by atoms with E-state index in [4.69, 9.17) is 0 Å². The lowest BCUT2D eigenvalue weighted by Gasteiger charge is -2.33. The summed E-state index contributed by atoms with van der Waals surface area (Å²) in [7, 11) is 4.38. The van der Waals surface area contributed by atoms with E-state index in [1.165, 1.54) is 32.2 Å². The lowest BCUT2D eigenvalue weighted by Crippen LogP contribution is -2.28. The molecule has 1 nitrogen and oxygen atoms in total. The summed E-state index contributed by atoms with van der Waals surface area (Å²) in [5, 5.41) is 0. The van der Waals surface area contributed by atoms with Crippen molar-refractivity contribution in [3.8, 4) is 0 Å². The number of benzene rings is 1. The minimum Gasteiger partial charge on any atom is -0.309 e. The molecule has 1 saturated carbocycles. The van der Waals surface area contributed by atoms with Crippen LogP contribution in [0.15, 0.2) is 30.3 Å². The Balaban J connectivity index is 2.10. The molecule has 0 aliphatic heterocycles. The topological polar surface area (TPSA) is 3.24 Å². The molecule has 2 rings (SSSR count). The third kappa shape index (κ3) is 2.85. The van der Waals surface area contributed by atoms with Crippen LogP contribution in [-0.4, -0.2) is 25.5 Å². The number of hydrogen-bond acceptors (Lipinski definition) is 1. The van der Waals surface area contributed by atoms with Gasteiger partial charge in [-0.3, -0.25) is 0 Å². The molecule has 1 aliphatic carbocycles. The van der Waals surface area contributed by atoms with Gasteiger partial charge in [-0.05, 0) is 44.3 Å². The Hall–Kier alpha value is -0.820. The fraction of sp³-hybridized carbons (Fsp3) is 0.600. The largest absolute Gasteiger partial charge is 0.309 e. The van der Waals surface area contributed by atoms with Gasteiger partial charge in [0.2, 0.25) is 0 Å². The van der Waals surface area contributed by atoms with Crippen LogP contribution >= 0.6 is 0 Å². The Kier molecular flexibility index (Phi) is 4.00. The van der Waals surface area contributed by atoms with Crippen molar-refractivity contribution in [1.29, 1.82) is 0 Å². The molecule has 0 unspecified atom stereocenters. The van der Waals surface area contributed by atoms with Crippen molar-refractivity contribution in [3.05, 3.63) is 35.9 Å². The molecule has 1 fully saturated rings. The van der Waals surface area contributed by atoms with E-state index in [1.54, 1.807) is 5.56 Å². The van der Waals surface area contributed by atoms with E-state index >= 15 is 0 Å². The van der Waals surface area contributed by atoms with Crippen LogP contribution < -0.4 is 0 Å². The van der Waals surface area contributed by atoms with Crippen molar-refractivity contribution in [2.75, 3.05) is 20.6 Å². The summed E-state index contributed by atoms with van der Waals surface area (Å²) in [5.41, 5.74) is 1.55. The zero-order chi connectivity index (χ0) is 11.4. The second-order valence-corrected chi connectivity index (χ2v) is 5.32. The molecule has 0 N–H and O–H groups in total. The average Bonchev–Trinajstić information content (AvgIpc) is 2.30. The van der Waals surface area contributed by atoms with Crippen molar-refractivity contribution in [2.24, 2.45) is 5.92 Å². The second kappa shape index (κ2) is 5.49. The molecule has 0 amide bonds. The van der Waals surface area contributed by atoms with Crippen molar-refractivity contribution in [2.45, 2.75) is 31.6 Å². The summed E-state index contributed by atoms with van der Waals surface area (Å²) in [6.07, 6.45) is 5.60. The van der Waals surface area contributed by atoms with Crippen molar-refractivity contribution in [1.82, 2.24) is 4.90 Å². The molecule has 0 saturated heterocycles. The van der Waals surface area contributed by atoms with Crippen LogP contribution in [0.1, 0.15) is 37.2 Å². The maximum atomic E-state index is 2.34. The maximum Gasteiger partial charge on any atom is 0.000941 e. The normalized spacial score (nSPS) is 25.9. The Labute approximate surface area is 99.5 Å². The van der Waals surface area contributed by atoms with Crippen molar-refractivity contribution < 1.29 is 0 Å². The first-order chi connectivity index (χ1) is 7.77. The highest BCUT2D eigenvalue weighted by Crippen LogP contribution is 2.37. The molecular weight excluding hydrogens is 194 g/mol. The van der Waals surface area contributed by atoms with Gasteiger partial charge < -0.3 is 4.90 Å². The first-order valence-corrected chi connectivity index (χ1v) is 6.47. The van der Waals surface area contributed by atoms with Crippen LogP contribution in [0.25, 0.3) is 0 Å². The molecule has 2 atom stereocenters. The third-order valence-corrected chi connectivity index (χ3v) is 3.74. The molecule has 0 heterocycles. The molecule has 1 heteroatoms. The summed E-state index contributed by atoms with van der Waals surface area (Å²) >= 11 is 0. The van der Waals surface area contributed by atoms with E-state index in [2.05, 4.69) is 49.3 Å². The fourth-order valence-electron chi connectivity index (χ4n) is 3.03. The number of rotatable bonds is 3. The van der Waals surface area contributed by atoms with E-state index in [0.29, 0.717) is 0 Å². The molecular formula is C15H23N. The summed E-state index contributed by atoms with van der Waals surface area (Å²) in [5.74, 6) is 1.64. The molecule has 0 spiro atoms. The maximum absolute atomic E-state index is 2.34. The highest BCUT2D eigenvalue weighted by Gasteiger charge is 2.26. The molecule has 1 aliphatic rings. The van der Waals surface area contributed by atoms with Crippen LogP contribution in [0.3, 0.4) is 0 Å². The van der Waals surface area contributed by atoms with Gasteiger partial charge >= 0.3 is 0 Å². The predicted octanol–water partition coefficient (Wildman–Crippen LogP) is 3.52. The fourth-order valence-corrected chi connectivity index (χ4v) is 3.03. The van der Waals surface area contributed by atoms with Gasteiger partial charge in [-0.25, -0.2) is 0 Å². The SMILES string of the molecule is CN(C)C[C@@H]1CCCC[C@H]1c1ccccc1. The first-order valence-electron chi connectivity index (χ1n) is 6.47. The first kappa shape index (κ1) is 11.7. The van der Waals surface area contributed by atoms with E-state index in [-0.39, 0.29) is 0 Å². The van der Waals surface area contributed by atoms with Crippen LogP contribution in [0.5, 0.6) is 0 Å². The molecule has 0 radical (unpaired) electrons. The van der Waals surface area contributed by atoms with Gasteiger partial charge in [-0.1, -0.05) is 43.2 Å². The lowest BCUT2D eigenvalue weighted by atomic mass is 9.75. The highest BCUT2D eigenvalue weighted by molar-refractivity contribution is 5.21. The Morgan fingerprint density at radius 2 is 1.75 bits per heavy atom. The minimum absolute atomic E-state index is 0.789. The highest BCUT2D eigenvalue weighted by atomic mass is 15.1. The molecule has 1 aromatic carbocycles. The van der Waals surface area contributed by atoms with Crippen molar-refractivity contribution >= 4 is 0 Å². The third-order valence-electron chi connectivity index (χ3n) is 3.74. The molecule has 0 aromatic heterocycles. The van der Waals surface area contributed by atoms with Crippen LogP contribution in [0.4, 0.5) is 0 Å². The molecule has 88 valence electrons. The molecule has 0 bridgehead atoms. The molecule has 1 aromatic rings. The molecule has 16 heavy (non-hydrogen) atoms. The van der Waals surface area contributed by atoms with Crippen molar-refractivity contribution in [3.63, 3.8) is 0 Å². The zero-order valence-corrected chi connectivity index (χ0v) is 10.5. The summed E-state index contributed by atoms with van der Waals surface area (Å²) in [6.45, 7) is 1.24. The smallest absolute Gasteiger partial charge is 0.000941 e. The zero-order valence-electron chi connectivity index (χ0n) is 10.5. The van der Waals surface area contributed by atoms with Gasteiger partial charge in [0.25, 0.3) is 0 Å². The minimum atomic E-state index is 0.789. The Bertz CT molecular complexity index is 304. The standard InChI is InChI=1S/C15H23N/c1-16(2)12-14-10-6-7-11-15(14)13-8-4-3-5-9-13/h3-5,8-9,14-15H,6-7,10-12H2,1-2H3/t14-,15-/m0/s1. The predicted molar refractivity (Wildman–Crippen MR) is 69.7 cm³/mol. The Morgan fingerprint density at radius 3 is 2.44 bits per heavy atom. The van der Waals surface area contributed by atoms with E-state index < -0.39 is 0 Å². The van der Waals surface area contributed by atoms with Crippen LogP contribution in [-0.2, 0) is 0 Å². The van der Waals surface area contributed by atoms with Gasteiger partial charge in [0.05, 0.1) is 0 Å². The number of hydrogen-bond donors (Lipinski definition) is 0. The van der Waals surface area contributed by atoms with E-state index in [9.17, 15) is 0 Å². The van der Waals surface area contributed by atoms with Crippen LogP contribution in [0.2, 0.25) is 0 Å². The van der Waals surface area contributed by atoms with Gasteiger partial charge in [0.15, 0.2) is 0 Å².